The second-order valence-corrected chi connectivity index (χ2v) is 4.10. The molecule has 3 heteroatoms. The molecule has 2 unspecified atom stereocenters. The Morgan fingerprint density at radius 2 is 1.88 bits per heavy atom. The zero-order chi connectivity index (χ0) is 12.1. The molecule has 0 aliphatic rings. The molecule has 88 valence electrons. The lowest BCUT2D eigenvalue weighted by atomic mass is 10.1. The molecule has 0 saturated carbocycles. The van der Waals surface area contributed by atoms with E-state index in [0.717, 1.165) is 17.7 Å². The molecule has 2 N–H and O–H groups in total. The van der Waals surface area contributed by atoms with Gasteiger partial charge in [-0.15, -0.1) is 0 Å². The maximum atomic E-state index is 11.6. The molecule has 0 saturated heterocycles. The van der Waals surface area contributed by atoms with Gasteiger partial charge < -0.3 is 10.4 Å². The van der Waals surface area contributed by atoms with Gasteiger partial charge in [-0.1, -0.05) is 26.0 Å². The van der Waals surface area contributed by atoms with Crippen LogP contribution in [0.4, 0.5) is 5.69 Å². The molecular formula is C13H19NO2. The number of aliphatic hydroxyl groups is 1. The van der Waals surface area contributed by atoms with Crippen molar-refractivity contribution in [2.75, 3.05) is 5.32 Å². The first-order chi connectivity index (χ1) is 7.54. The maximum Gasteiger partial charge on any atom is 0.227 e. The predicted octanol–water partition coefficient (Wildman–Crippen LogP) is 2.72. The molecule has 0 heterocycles. The number of amides is 1. The zero-order valence-electron chi connectivity index (χ0n) is 10.0. The van der Waals surface area contributed by atoms with E-state index in [-0.39, 0.29) is 11.8 Å². The summed E-state index contributed by atoms with van der Waals surface area (Å²) in [5.41, 5.74) is 1.62. The third-order valence-electron chi connectivity index (χ3n) is 2.72. The first kappa shape index (κ1) is 12.7. The molecule has 3 nitrogen and oxygen atoms in total. The van der Waals surface area contributed by atoms with E-state index in [0.29, 0.717) is 0 Å². The molecule has 0 aliphatic carbocycles. The third-order valence-corrected chi connectivity index (χ3v) is 2.72. The maximum absolute atomic E-state index is 11.6. The Kier molecular flexibility index (Phi) is 4.50. The van der Waals surface area contributed by atoms with Crippen LogP contribution in [0.3, 0.4) is 0 Å². The van der Waals surface area contributed by atoms with Crippen LogP contribution in [0.1, 0.15) is 38.9 Å². The van der Waals surface area contributed by atoms with Crippen molar-refractivity contribution >= 4 is 11.6 Å². The number of hydrogen-bond acceptors (Lipinski definition) is 2. The van der Waals surface area contributed by atoms with Gasteiger partial charge in [0, 0.05) is 11.6 Å². The lowest BCUT2D eigenvalue weighted by Gasteiger charge is -2.11. The zero-order valence-corrected chi connectivity index (χ0v) is 10.0. The fourth-order valence-corrected chi connectivity index (χ4v) is 1.30. The van der Waals surface area contributed by atoms with Crippen LogP contribution in [0.5, 0.6) is 0 Å². The third kappa shape index (κ3) is 3.35. The fraction of sp³-hybridized carbons (Fsp3) is 0.462. The molecule has 16 heavy (non-hydrogen) atoms. The highest BCUT2D eigenvalue weighted by atomic mass is 16.3. The lowest BCUT2D eigenvalue weighted by Crippen LogP contribution is -2.19. The Bertz CT molecular complexity index is 343. The highest BCUT2D eigenvalue weighted by Gasteiger charge is 2.10. The van der Waals surface area contributed by atoms with Gasteiger partial charge in [0.25, 0.3) is 0 Å². The Hall–Kier alpha value is -1.35. The van der Waals surface area contributed by atoms with Gasteiger partial charge in [0.1, 0.15) is 0 Å². The topological polar surface area (TPSA) is 49.3 Å². The Morgan fingerprint density at radius 1 is 1.31 bits per heavy atom. The number of rotatable bonds is 4. The largest absolute Gasteiger partial charge is 0.389 e. The van der Waals surface area contributed by atoms with Crippen LogP contribution in [-0.4, -0.2) is 11.0 Å². The number of aliphatic hydroxyl groups excluding tert-OH is 1. The van der Waals surface area contributed by atoms with Gasteiger partial charge in [-0.3, -0.25) is 4.79 Å². The predicted molar refractivity (Wildman–Crippen MR) is 65.2 cm³/mol. The van der Waals surface area contributed by atoms with E-state index in [1.54, 1.807) is 6.92 Å². The summed E-state index contributed by atoms with van der Waals surface area (Å²) in [6.07, 6.45) is 0.358. The monoisotopic (exact) mass is 221 g/mol. The van der Waals surface area contributed by atoms with Crippen molar-refractivity contribution in [3.05, 3.63) is 29.8 Å². The number of nitrogens with one attached hydrogen (secondary N) is 1. The van der Waals surface area contributed by atoms with E-state index < -0.39 is 6.10 Å². The molecule has 0 aromatic heterocycles. The van der Waals surface area contributed by atoms with E-state index in [4.69, 9.17) is 0 Å². The average molecular weight is 221 g/mol. The summed E-state index contributed by atoms with van der Waals surface area (Å²) in [6.45, 7) is 5.60. The van der Waals surface area contributed by atoms with Gasteiger partial charge in [0.2, 0.25) is 5.91 Å². The highest BCUT2D eigenvalue weighted by molar-refractivity contribution is 5.92. The number of benzene rings is 1. The van der Waals surface area contributed by atoms with E-state index in [1.165, 1.54) is 0 Å². The average Bonchev–Trinajstić information content (AvgIpc) is 2.28. The molecular weight excluding hydrogens is 202 g/mol. The summed E-state index contributed by atoms with van der Waals surface area (Å²) in [7, 11) is 0. The van der Waals surface area contributed by atoms with Crippen LogP contribution in [-0.2, 0) is 4.79 Å². The normalized spacial score (nSPS) is 14.2. The van der Waals surface area contributed by atoms with Crippen molar-refractivity contribution in [1.82, 2.24) is 0 Å². The van der Waals surface area contributed by atoms with E-state index >= 15 is 0 Å². The van der Waals surface area contributed by atoms with E-state index in [1.807, 2.05) is 38.1 Å². The van der Waals surface area contributed by atoms with Crippen LogP contribution in [0.25, 0.3) is 0 Å². The minimum Gasteiger partial charge on any atom is -0.389 e. The minimum atomic E-state index is -0.473. The summed E-state index contributed by atoms with van der Waals surface area (Å²) in [4.78, 5) is 11.6. The van der Waals surface area contributed by atoms with Crippen LogP contribution in [0, 0.1) is 5.92 Å². The van der Waals surface area contributed by atoms with Gasteiger partial charge in [-0.2, -0.15) is 0 Å². The lowest BCUT2D eigenvalue weighted by molar-refractivity contribution is -0.119. The number of carbonyl (C=O) groups excluding carboxylic acids is 1. The molecule has 0 radical (unpaired) electrons. The second-order valence-electron chi connectivity index (χ2n) is 4.10. The highest BCUT2D eigenvalue weighted by Crippen LogP contribution is 2.16. The van der Waals surface area contributed by atoms with Crippen LogP contribution >= 0.6 is 0 Å². The summed E-state index contributed by atoms with van der Waals surface area (Å²) in [5, 5.41) is 12.2. The van der Waals surface area contributed by atoms with Gasteiger partial charge >= 0.3 is 0 Å². The van der Waals surface area contributed by atoms with Crippen molar-refractivity contribution in [1.29, 1.82) is 0 Å². The first-order valence-corrected chi connectivity index (χ1v) is 5.63. The van der Waals surface area contributed by atoms with Gasteiger partial charge in [0.05, 0.1) is 6.10 Å². The van der Waals surface area contributed by atoms with Gasteiger partial charge in [-0.05, 0) is 31.0 Å². The molecule has 1 aromatic rings. The molecule has 2 atom stereocenters. The van der Waals surface area contributed by atoms with E-state index in [2.05, 4.69) is 5.32 Å². The quantitative estimate of drug-likeness (QED) is 0.821. The molecule has 0 bridgehead atoms. The summed E-state index contributed by atoms with van der Waals surface area (Å²) >= 11 is 0. The molecule has 1 rings (SSSR count). The Balaban J connectivity index is 2.65. The van der Waals surface area contributed by atoms with Crippen molar-refractivity contribution in [2.24, 2.45) is 5.92 Å². The summed E-state index contributed by atoms with van der Waals surface area (Å²) in [6, 6.07) is 7.25. The molecule has 0 fully saturated rings. The van der Waals surface area contributed by atoms with Crippen LogP contribution in [0.15, 0.2) is 24.3 Å². The summed E-state index contributed by atoms with van der Waals surface area (Å²) < 4.78 is 0. The minimum absolute atomic E-state index is 0.0245. The molecule has 1 amide bonds. The van der Waals surface area contributed by atoms with Crippen molar-refractivity contribution in [3.8, 4) is 0 Å². The number of carbonyl (C=O) groups is 1. The van der Waals surface area contributed by atoms with Crippen molar-refractivity contribution in [2.45, 2.75) is 33.3 Å². The van der Waals surface area contributed by atoms with Gasteiger partial charge in [0.15, 0.2) is 0 Å². The smallest absolute Gasteiger partial charge is 0.227 e. The molecule has 0 spiro atoms. The van der Waals surface area contributed by atoms with Crippen molar-refractivity contribution < 1.29 is 9.90 Å². The SMILES string of the molecule is CCC(C)C(=O)Nc1ccc(C(C)O)cc1. The standard InChI is InChI=1S/C13H19NO2/c1-4-9(2)13(16)14-12-7-5-11(6-8-12)10(3)15/h5-10,15H,4H2,1-3H3,(H,14,16). The first-order valence-electron chi connectivity index (χ1n) is 5.63. The van der Waals surface area contributed by atoms with Gasteiger partial charge in [-0.25, -0.2) is 0 Å². The number of hydrogen-bond donors (Lipinski definition) is 2. The van der Waals surface area contributed by atoms with Crippen LogP contribution < -0.4 is 5.32 Å². The van der Waals surface area contributed by atoms with Crippen molar-refractivity contribution in [3.63, 3.8) is 0 Å². The second kappa shape index (κ2) is 5.66. The number of anilines is 1. The van der Waals surface area contributed by atoms with E-state index in [9.17, 15) is 9.90 Å². The Labute approximate surface area is 96.5 Å². The summed E-state index contributed by atoms with van der Waals surface area (Å²) in [5.74, 6) is 0.0590. The Morgan fingerprint density at radius 3 is 2.31 bits per heavy atom. The van der Waals surface area contributed by atoms with Crippen LogP contribution in [0.2, 0.25) is 0 Å². The molecule has 1 aromatic carbocycles. The fourth-order valence-electron chi connectivity index (χ4n) is 1.30. The molecule has 0 aliphatic heterocycles.